The van der Waals surface area contributed by atoms with E-state index in [4.69, 9.17) is 4.74 Å². The average molecular weight is 521 g/mol. The Morgan fingerprint density at radius 3 is 2.71 bits per heavy atom. The number of imidazole rings is 1. The van der Waals surface area contributed by atoms with Gasteiger partial charge in [-0.15, -0.1) is 0 Å². The van der Waals surface area contributed by atoms with Gasteiger partial charge in [0, 0.05) is 37.3 Å². The Morgan fingerprint density at radius 2 is 1.95 bits per heavy atom. The van der Waals surface area contributed by atoms with E-state index in [1.165, 1.54) is 4.57 Å². The Labute approximate surface area is 218 Å². The molecule has 5 rings (SSSR count). The first-order valence-corrected chi connectivity index (χ1v) is 12.7. The van der Waals surface area contributed by atoms with Crippen LogP contribution < -0.4 is 21.5 Å². The number of benzene rings is 1. The minimum atomic E-state index is -0.585. The molecular weight excluding hydrogens is 488 g/mol. The maximum Gasteiger partial charge on any atom is 0.407 e. The van der Waals surface area contributed by atoms with Crippen molar-refractivity contribution in [3.63, 3.8) is 0 Å². The molecule has 0 radical (unpaired) electrons. The van der Waals surface area contributed by atoms with Gasteiger partial charge in [0.05, 0.1) is 12.1 Å². The molecular formula is C26H32N8O4. The van der Waals surface area contributed by atoms with E-state index >= 15 is 0 Å². The molecule has 12 nitrogen and oxygen atoms in total. The number of carbonyl (C=O) groups is 1. The summed E-state index contributed by atoms with van der Waals surface area (Å²) in [5, 5.41) is 3.84. The number of aryl methyl sites for hydroxylation is 2. The van der Waals surface area contributed by atoms with Crippen LogP contribution in [0.3, 0.4) is 0 Å². The Kier molecular flexibility index (Phi) is 6.41. The van der Waals surface area contributed by atoms with Crippen molar-refractivity contribution in [3.05, 3.63) is 56.6 Å². The minimum Gasteiger partial charge on any atom is -0.444 e. The molecule has 1 amide bonds. The summed E-state index contributed by atoms with van der Waals surface area (Å²) in [6.07, 6.45) is 1.15. The van der Waals surface area contributed by atoms with Crippen molar-refractivity contribution in [2.45, 2.75) is 58.7 Å². The van der Waals surface area contributed by atoms with Crippen LogP contribution in [0.15, 0.2) is 33.9 Å². The fourth-order valence-electron chi connectivity index (χ4n) is 4.79. The standard InChI is InChI=1S/C26H32N8O4/c1-15-17-10-6-7-11-18(17)29-19(27-15)14-34-22(35)20-21(32(5)25(34)37)31-23(30-20)33-12-8-9-16(13-33)28-24(36)38-26(2,3)4/h6-7,10-11,16H,8-9,12-14H2,1-5H3,(H,28,36)(H,30,31)/t16-/m1/s1. The predicted octanol–water partition coefficient (Wildman–Crippen LogP) is 2.22. The summed E-state index contributed by atoms with van der Waals surface area (Å²) in [6.45, 7) is 8.45. The second kappa shape index (κ2) is 9.58. The summed E-state index contributed by atoms with van der Waals surface area (Å²) in [6, 6.07) is 7.48. The lowest BCUT2D eigenvalue weighted by Crippen LogP contribution is -2.49. The van der Waals surface area contributed by atoms with Crippen molar-refractivity contribution in [2.75, 3.05) is 18.0 Å². The van der Waals surface area contributed by atoms with Crippen LogP contribution >= 0.6 is 0 Å². The molecule has 200 valence electrons. The van der Waals surface area contributed by atoms with E-state index in [1.54, 1.807) is 7.05 Å². The van der Waals surface area contributed by atoms with Crippen molar-refractivity contribution < 1.29 is 9.53 Å². The Balaban J connectivity index is 1.43. The molecule has 4 aromatic rings. The number of H-pyrrole nitrogens is 1. The Hall–Kier alpha value is -4.22. The number of nitrogens with one attached hydrogen (secondary N) is 2. The molecule has 0 saturated carbocycles. The van der Waals surface area contributed by atoms with Gasteiger partial charge in [0.25, 0.3) is 5.56 Å². The van der Waals surface area contributed by atoms with Gasteiger partial charge >= 0.3 is 11.8 Å². The molecule has 38 heavy (non-hydrogen) atoms. The van der Waals surface area contributed by atoms with Gasteiger partial charge in [-0.2, -0.15) is 4.98 Å². The van der Waals surface area contributed by atoms with Crippen LogP contribution in [0.1, 0.15) is 45.1 Å². The zero-order valence-electron chi connectivity index (χ0n) is 22.2. The second-order valence-corrected chi connectivity index (χ2v) is 10.7. The fraction of sp³-hybridized carbons (Fsp3) is 0.462. The van der Waals surface area contributed by atoms with Crippen LogP contribution in [0.25, 0.3) is 22.1 Å². The molecule has 0 aliphatic carbocycles. The number of aromatic nitrogens is 6. The predicted molar refractivity (Wildman–Crippen MR) is 144 cm³/mol. The summed E-state index contributed by atoms with van der Waals surface area (Å²) in [5.74, 6) is 0.852. The van der Waals surface area contributed by atoms with E-state index in [0.29, 0.717) is 24.9 Å². The number of hydrogen-bond donors (Lipinski definition) is 2. The van der Waals surface area contributed by atoms with Gasteiger partial charge in [-0.05, 0) is 46.6 Å². The number of hydrogen-bond acceptors (Lipinski definition) is 8. The third-order valence-electron chi connectivity index (χ3n) is 6.55. The molecule has 12 heteroatoms. The van der Waals surface area contributed by atoms with Crippen LogP contribution in [0, 0.1) is 6.92 Å². The summed E-state index contributed by atoms with van der Waals surface area (Å²) >= 11 is 0. The van der Waals surface area contributed by atoms with Crippen LogP contribution in [0.4, 0.5) is 10.7 Å². The Bertz CT molecular complexity index is 1650. The van der Waals surface area contributed by atoms with E-state index < -0.39 is 22.9 Å². The lowest BCUT2D eigenvalue weighted by Gasteiger charge is -2.33. The zero-order valence-corrected chi connectivity index (χ0v) is 22.2. The monoisotopic (exact) mass is 520 g/mol. The van der Waals surface area contributed by atoms with E-state index in [2.05, 4.69) is 25.3 Å². The minimum absolute atomic E-state index is 0.0624. The Morgan fingerprint density at radius 1 is 1.18 bits per heavy atom. The van der Waals surface area contributed by atoms with Crippen LogP contribution in [-0.4, -0.2) is 59.9 Å². The molecule has 0 unspecified atom stereocenters. The molecule has 0 spiro atoms. The van der Waals surface area contributed by atoms with Crippen LogP contribution in [0.2, 0.25) is 0 Å². The summed E-state index contributed by atoms with van der Waals surface area (Å²) < 4.78 is 7.86. The van der Waals surface area contributed by atoms with Gasteiger partial charge in [0.1, 0.15) is 11.4 Å². The van der Waals surface area contributed by atoms with Gasteiger partial charge < -0.3 is 19.9 Å². The first kappa shape index (κ1) is 25.4. The number of rotatable bonds is 4. The van der Waals surface area contributed by atoms with Gasteiger partial charge in [-0.25, -0.2) is 19.6 Å². The first-order valence-electron chi connectivity index (χ1n) is 12.7. The number of amides is 1. The number of ether oxygens (including phenoxy) is 1. The second-order valence-electron chi connectivity index (χ2n) is 10.7. The van der Waals surface area contributed by atoms with Crippen molar-refractivity contribution >= 4 is 34.1 Å². The van der Waals surface area contributed by atoms with Crippen molar-refractivity contribution in [1.29, 1.82) is 0 Å². The van der Waals surface area contributed by atoms with Crippen LogP contribution in [-0.2, 0) is 18.3 Å². The lowest BCUT2D eigenvalue weighted by molar-refractivity contribution is 0.0500. The zero-order chi connectivity index (χ0) is 27.2. The maximum absolute atomic E-state index is 13.4. The topological polar surface area (TPSA) is 140 Å². The van der Waals surface area contributed by atoms with E-state index in [9.17, 15) is 14.4 Å². The van der Waals surface area contributed by atoms with E-state index in [1.807, 2.05) is 56.9 Å². The van der Waals surface area contributed by atoms with Crippen molar-refractivity contribution in [1.82, 2.24) is 34.4 Å². The smallest absolute Gasteiger partial charge is 0.407 e. The van der Waals surface area contributed by atoms with E-state index in [-0.39, 0.29) is 23.8 Å². The largest absolute Gasteiger partial charge is 0.444 e. The molecule has 1 aliphatic heterocycles. The molecule has 1 saturated heterocycles. The van der Waals surface area contributed by atoms with Gasteiger partial charge in [0.15, 0.2) is 11.2 Å². The molecule has 2 N–H and O–H groups in total. The van der Waals surface area contributed by atoms with Gasteiger partial charge in [-0.1, -0.05) is 18.2 Å². The number of piperidine rings is 1. The summed E-state index contributed by atoms with van der Waals surface area (Å²) in [5.41, 5.74) is 0.448. The first-order chi connectivity index (χ1) is 18.0. The van der Waals surface area contributed by atoms with Crippen molar-refractivity contribution in [3.8, 4) is 0 Å². The number of carbonyl (C=O) groups excluding carboxylic acids is 1. The number of anilines is 1. The number of aromatic amines is 1. The SMILES string of the molecule is Cc1nc(Cn2c(=O)c3[nH]c(N4CCC[C@@H](NC(=O)OC(C)(C)C)C4)nc3n(C)c2=O)nc2ccccc12. The molecule has 0 bridgehead atoms. The normalized spacial score (nSPS) is 16.2. The van der Waals surface area contributed by atoms with E-state index in [0.717, 1.165) is 34.0 Å². The molecule has 1 aliphatic rings. The number of para-hydroxylation sites is 1. The maximum atomic E-state index is 13.4. The molecule has 1 atom stereocenters. The molecule has 1 aromatic carbocycles. The fourth-order valence-corrected chi connectivity index (χ4v) is 4.79. The molecule has 4 heterocycles. The van der Waals surface area contributed by atoms with Gasteiger partial charge in [0.2, 0.25) is 5.95 Å². The average Bonchev–Trinajstić information content (AvgIpc) is 3.30. The highest BCUT2D eigenvalue weighted by molar-refractivity contribution is 5.80. The highest BCUT2D eigenvalue weighted by Crippen LogP contribution is 2.20. The van der Waals surface area contributed by atoms with Crippen LogP contribution in [0.5, 0.6) is 0 Å². The third kappa shape index (κ3) is 4.98. The number of nitrogens with zero attached hydrogens (tertiary/aromatic N) is 6. The lowest BCUT2D eigenvalue weighted by atomic mass is 10.1. The quantitative estimate of drug-likeness (QED) is 0.417. The highest BCUT2D eigenvalue weighted by Gasteiger charge is 2.27. The van der Waals surface area contributed by atoms with Gasteiger partial charge in [-0.3, -0.25) is 13.9 Å². The molecule has 1 fully saturated rings. The summed E-state index contributed by atoms with van der Waals surface area (Å²) in [4.78, 5) is 57.6. The molecule has 3 aromatic heterocycles. The number of alkyl carbamates (subject to hydrolysis) is 1. The summed E-state index contributed by atoms with van der Waals surface area (Å²) in [7, 11) is 1.58. The number of fused-ring (bicyclic) bond motifs is 2. The third-order valence-corrected chi connectivity index (χ3v) is 6.55. The highest BCUT2D eigenvalue weighted by atomic mass is 16.6. The van der Waals surface area contributed by atoms with Crippen molar-refractivity contribution in [2.24, 2.45) is 7.05 Å².